The number of rotatable bonds is 5. The first-order valence-corrected chi connectivity index (χ1v) is 8.30. The van der Waals surface area contributed by atoms with Crippen molar-refractivity contribution >= 4 is 11.6 Å². The van der Waals surface area contributed by atoms with E-state index in [1.807, 2.05) is 13.0 Å². The Balaban J connectivity index is 1.53. The van der Waals surface area contributed by atoms with Gasteiger partial charge >= 0.3 is 0 Å². The van der Waals surface area contributed by atoms with Crippen LogP contribution in [-0.4, -0.2) is 18.2 Å². The molecular weight excluding hydrogens is 288 g/mol. The minimum atomic E-state index is -0.205. The number of carbonyl (C=O) groups excluding carboxylic acids is 1. The Morgan fingerprint density at radius 3 is 3.00 bits per heavy atom. The van der Waals surface area contributed by atoms with Crippen LogP contribution in [0.1, 0.15) is 43.7 Å². The lowest BCUT2D eigenvalue weighted by Gasteiger charge is -2.31. The summed E-state index contributed by atoms with van der Waals surface area (Å²) >= 11 is 0. The number of hydrogen-bond donors (Lipinski definition) is 1. The van der Waals surface area contributed by atoms with Gasteiger partial charge < -0.3 is 4.74 Å². The third-order valence-electron chi connectivity index (χ3n) is 4.64. The molecule has 1 fully saturated rings. The molecule has 4 heteroatoms. The summed E-state index contributed by atoms with van der Waals surface area (Å²) < 4.78 is 5.72. The highest BCUT2D eigenvalue weighted by Gasteiger charge is 2.37. The van der Waals surface area contributed by atoms with Crippen LogP contribution in [0.15, 0.2) is 35.5 Å². The fraction of sp³-hybridized carbons (Fsp3) is 0.474. The number of hydrogen-bond acceptors (Lipinski definition) is 3. The standard InChI is InChI=1S/C19H24N2O2/c1-12(2)15-8-7-13(3)9-18(15)23-11-19(22)21-20-17-10-14-5-4-6-16(14)17/h4-5,7-9,12,14,16H,6,10-11H2,1-3H3,(H,21,22)/b20-17-/t14-,16-/m0/s1. The number of nitrogens with zero attached hydrogens (tertiary/aromatic N) is 1. The number of nitrogens with one attached hydrogen (secondary N) is 1. The molecule has 0 aliphatic heterocycles. The fourth-order valence-corrected chi connectivity index (χ4v) is 3.22. The Bertz CT molecular complexity index is 661. The predicted molar refractivity (Wildman–Crippen MR) is 91.7 cm³/mol. The van der Waals surface area contributed by atoms with Crippen molar-refractivity contribution in [1.29, 1.82) is 0 Å². The van der Waals surface area contributed by atoms with Crippen LogP contribution >= 0.6 is 0 Å². The second-order valence-corrected chi connectivity index (χ2v) is 6.76. The van der Waals surface area contributed by atoms with E-state index >= 15 is 0 Å². The van der Waals surface area contributed by atoms with Gasteiger partial charge in [0.1, 0.15) is 5.75 Å². The number of allylic oxidation sites excluding steroid dienone is 2. The van der Waals surface area contributed by atoms with Crippen molar-refractivity contribution in [3.05, 3.63) is 41.5 Å². The zero-order valence-corrected chi connectivity index (χ0v) is 14.0. The largest absolute Gasteiger partial charge is 0.483 e. The van der Waals surface area contributed by atoms with Crippen LogP contribution < -0.4 is 10.2 Å². The molecule has 122 valence electrons. The summed E-state index contributed by atoms with van der Waals surface area (Å²) in [6.07, 6.45) is 6.47. The van der Waals surface area contributed by atoms with E-state index in [0.717, 1.165) is 35.4 Å². The first kappa shape index (κ1) is 15.8. The van der Waals surface area contributed by atoms with Gasteiger partial charge in [0, 0.05) is 11.6 Å². The molecule has 4 nitrogen and oxygen atoms in total. The molecule has 0 heterocycles. The van der Waals surface area contributed by atoms with E-state index in [-0.39, 0.29) is 12.5 Å². The molecule has 23 heavy (non-hydrogen) atoms. The first-order valence-electron chi connectivity index (χ1n) is 8.30. The van der Waals surface area contributed by atoms with Gasteiger partial charge in [-0.2, -0.15) is 5.10 Å². The van der Waals surface area contributed by atoms with Crippen LogP contribution in [-0.2, 0) is 4.79 Å². The molecule has 0 spiro atoms. The van der Waals surface area contributed by atoms with Gasteiger partial charge in [-0.25, -0.2) is 5.43 Å². The van der Waals surface area contributed by atoms with Gasteiger partial charge in [0.05, 0.1) is 0 Å². The zero-order valence-electron chi connectivity index (χ0n) is 14.0. The van der Waals surface area contributed by atoms with Gasteiger partial charge in [-0.05, 0) is 48.8 Å². The van der Waals surface area contributed by atoms with E-state index in [0.29, 0.717) is 17.8 Å². The van der Waals surface area contributed by atoms with Crippen molar-refractivity contribution in [1.82, 2.24) is 5.43 Å². The van der Waals surface area contributed by atoms with Crippen LogP contribution in [0.25, 0.3) is 0 Å². The van der Waals surface area contributed by atoms with E-state index in [9.17, 15) is 4.79 Å². The summed E-state index contributed by atoms with van der Waals surface area (Å²) in [5, 5.41) is 4.26. The maximum Gasteiger partial charge on any atom is 0.277 e. The molecule has 2 atom stereocenters. The Hall–Kier alpha value is -2.10. The van der Waals surface area contributed by atoms with E-state index < -0.39 is 0 Å². The van der Waals surface area contributed by atoms with Crippen molar-refractivity contribution in [2.45, 2.75) is 39.5 Å². The minimum absolute atomic E-state index is 0.00764. The summed E-state index contributed by atoms with van der Waals surface area (Å²) in [4.78, 5) is 12.0. The number of aryl methyl sites for hydroxylation is 1. The molecule has 1 amide bonds. The molecule has 0 aromatic heterocycles. The highest BCUT2D eigenvalue weighted by atomic mass is 16.5. The molecule has 0 saturated heterocycles. The summed E-state index contributed by atoms with van der Waals surface area (Å²) in [7, 11) is 0. The Morgan fingerprint density at radius 1 is 1.43 bits per heavy atom. The molecule has 3 rings (SSSR count). The number of benzene rings is 1. The van der Waals surface area contributed by atoms with Crippen LogP contribution in [0.4, 0.5) is 0 Å². The highest BCUT2D eigenvalue weighted by Crippen LogP contribution is 2.40. The van der Waals surface area contributed by atoms with Gasteiger partial charge in [0.2, 0.25) is 0 Å². The van der Waals surface area contributed by atoms with Crippen LogP contribution in [0.5, 0.6) is 5.75 Å². The van der Waals surface area contributed by atoms with E-state index in [4.69, 9.17) is 4.74 Å². The van der Waals surface area contributed by atoms with Crippen molar-refractivity contribution < 1.29 is 9.53 Å². The molecule has 0 unspecified atom stereocenters. The Labute approximate surface area is 137 Å². The molecule has 2 aliphatic rings. The third-order valence-corrected chi connectivity index (χ3v) is 4.64. The lowest BCUT2D eigenvalue weighted by Crippen LogP contribution is -2.36. The Kier molecular flexibility index (Phi) is 4.51. The summed E-state index contributed by atoms with van der Waals surface area (Å²) in [5.41, 5.74) is 5.97. The van der Waals surface area contributed by atoms with Crippen LogP contribution in [0.2, 0.25) is 0 Å². The number of amides is 1. The normalized spacial score (nSPS) is 23.7. The molecule has 1 aromatic rings. The summed E-state index contributed by atoms with van der Waals surface area (Å²) in [5.74, 6) is 2.09. The maximum absolute atomic E-state index is 12.0. The maximum atomic E-state index is 12.0. The number of ether oxygens (including phenoxy) is 1. The average Bonchev–Trinajstić information content (AvgIpc) is 2.86. The van der Waals surface area contributed by atoms with Crippen LogP contribution in [0.3, 0.4) is 0 Å². The van der Waals surface area contributed by atoms with Gasteiger partial charge in [-0.15, -0.1) is 0 Å². The topological polar surface area (TPSA) is 50.7 Å². The molecule has 0 bridgehead atoms. The molecule has 2 aliphatic carbocycles. The SMILES string of the molecule is Cc1ccc(C(C)C)c(OCC(=O)N/N=C2/C[C@@H]3C=CC[C@H]23)c1. The van der Waals surface area contributed by atoms with Crippen molar-refractivity contribution in [2.24, 2.45) is 16.9 Å². The molecule has 1 N–H and O–H groups in total. The Morgan fingerprint density at radius 2 is 2.26 bits per heavy atom. The fourth-order valence-electron chi connectivity index (χ4n) is 3.22. The summed E-state index contributed by atoms with van der Waals surface area (Å²) in [6.45, 7) is 6.25. The van der Waals surface area contributed by atoms with Crippen molar-refractivity contribution in [3.63, 3.8) is 0 Å². The number of fused-ring (bicyclic) bond motifs is 1. The van der Waals surface area contributed by atoms with Crippen molar-refractivity contribution in [3.8, 4) is 5.75 Å². The molecule has 1 aromatic carbocycles. The monoisotopic (exact) mass is 312 g/mol. The number of hydrazone groups is 1. The second-order valence-electron chi connectivity index (χ2n) is 6.76. The minimum Gasteiger partial charge on any atom is -0.483 e. The van der Waals surface area contributed by atoms with Gasteiger partial charge in [0.25, 0.3) is 5.91 Å². The highest BCUT2D eigenvalue weighted by molar-refractivity contribution is 5.94. The van der Waals surface area contributed by atoms with E-state index in [1.165, 1.54) is 0 Å². The zero-order chi connectivity index (χ0) is 16.4. The second kappa shape index (κ2) is 6.57. The van der Waals surface area contributed by atoms with Gasteiger partial charge in [-0.3, -0.25) is 4.79 Å². The van der Waals surface area contributed by atoms with Gasteiger partial charge in [0.15, 0.2) is 6.61 Å². The van der Waals surface area contributed by atoms with Crippen molar-refractivity contribution in [2.75, 3.05) is 6.61 Å². The molecule has 1 saturated carbocycles. The van der Waals surface area contributed by atoms with E-state index in [1.54, 1.807) is 0 Å². The number of carbonyl (C=O) groups is 1. The first-order chi connectivity index (χ1) is 11.0. The lowest BCUT2D eigenvalue weighted by molar-refractivity contribution is -0.123. The average molecular weight is 312 g/mol. The van der Waals surface area contributed by atoms with Gasteiger partial charge in [-0.1, -0.05) is 38.1 Å². The smallest absolute Gasteiger partial charge is 0.277 e. The third kappa shape index (κ3) is 3.46. The van der Waals surface area contributed by atoms with E-state index in [2.05, 4.69) is 48.7 Å². The molecular formula is C19H24N2O2. The predicted octanol–water partition coefficient (Wildman–Crippen LogP) is 3.57. The lowest BCUT2D eigenvalue weighted by atomic mass is 9.74. The molecule has 0 radical (unpaired) electrons. The van der Waals surface area contributed by atoms with Crippen LogP contribution in [0, 0.1) is 18.8 Å². The summed E-state index contributed by atoms with van der Waals surface area (Å²) in [6, 6.07) is 6.11. The quantitative estimate of drug-likeness (QED) is 0.667.